The molecule has 0 saturated heterocycles. The molecule has 0 aliphatic carbocycles. The Kier molecular flexibility index (Phi) is 4.37. The second-order valence-corrected chi connectivity index (χ2v) is 4.30. The van der Waals surface area contributed by atoms with Crippen molar-refractivity contribution >= 4 is 17.6 Å². The Morgan fingerprint density at radius 1 is 1.24 bits per heavy atom. The maximum absolute atomic E-state index is 11.2. The van der Waals surface area contributed by atoms with Crippen molar-refractivity contribution in [3.05, 3.63) is 65.2 Å². The molecule has 0 amide bonds. The van der Waals surface area contributed by atoms with Gasteiger partial charge in [0.25, 0.3) is 0 Å². The minimum absolute atomic E-state index is 0.0663. The Morgan fingerprint density at radius 3 is 2.52 bits per heavy atom. The molecular weight excluding hydrogens is 266 g/mol. The Bertz CT molecular complexity index is 727. The van der Waals surface area contributed by atoms with Gasteiger partial charge in [-0.05, 0) is 29.3 Å². The number of rotatable bonds is 4. The maximum atomic E-state index is 11.2. The van der Waals surface area contributed by atoms with Gasteiger partial charge < -0.3 is 9.84 Å². The number of nitrogens with zero attached hydrogens (tertiary/aromatic N) is 1. The highest BCUT2D eigenvalue weighted by Crippen LogP contribution is 2.23. The number of carbonyl (C=O) groups is 1. The summed E-state index contributed by atoms with van der Waals surface area (Å²) in [6, 6.07) is 16.1. The van der Waals surface area contributed by atoms with Gasteiger partial charge in [-0.1, -0.05) is 36.4 Å². The zero-order valence-corrected chi connectivity index (χ0v) is 11.4. The number of ether oxygens (including phenoxy) is 1. The van der Waals surface area contributed by atoms with Crippen LogP contribution in [0.5, 0.6) is 5.75 Å². The molecule has 4 nitrogen and oxygen atoms in total. The first-order chi connectivity index (χ1) is 10.2. The van der Waals surface area contributed by atoms with E-state index in [4.69, 9.17) is 9.84 Å². The van der Waals surface area contributed by atoms with Gasteiger partial charge in [0, 0.05) is 0 Å². The van der Waals surface area contributed by atoms with Crippen LogP contribution in [0.1, 0.15) is 21.5 Å². The first kappa shape index (κ1) is 14.4. The summed E-state index contributed by atoms with van der Waals surface area (Å²) in [6.45, 7) is 0. The molecule has 2 aromatic carbocycles. The zero-order chi connectivity index (χ0) is 15.2. The Hall–Kier alpha value is -3.06. The summed E-state index contributed by atoms with van der Waals surface area (Å²) >= 11 is 0. The van der Waals surface area contributed by atoms with Crippen molar-refractivity contribution in [2.24, 2.45) is 0 Å². The molecule has 104 valence electrons. The van der Waals surface area contributed by atoms with Crippen molar-refractivity contribution < 1.29 is 14.6 Å². The first-order valence-corrected chi connectivity index (χ1v) is 6.24. The van der Waals surface area contributed by atoms with E-state index in [2.05, 4.69) is 6.07 Å². The second kappa shape index (κ2) is 6.40. The first-order valence-electron chi connectivity index (χ1n) is 6.24. The van der Waals surface area contributed by atoms with Crippen molar-refractivity contribution in [2.45, 2.75) is 0 Å². The number of carboxylic acids is 1. The van der Waals surface area contributed by atoms with E-state index in [0.717, 1.165) is 5.56 Å². The van der Waals surface area contributed by atoms with Crippen LogP contribution in [0.4, 0.5) is 0 Å². The predicted molar refractivity (Wildman–Crippen MR) is 79.9 cm³/mol. The van der Waals surface area contributed by atoms with Crippen molar-refractivity contribution in [3.63, 3.8) is 0 Å². The Labute approximate surface area is 122 Å². The average Bonchev–Trinajstić information content (AvgIpc) is 2.53. The van der Waals surface area contributed by atoms with Crippen LogP contribution < -0.4 is 4.74 Å². The molecule has 0 heterocycles. The Balaban J connectivity index is 2.47. The molecule has 0 saturated carbocycles. The van der Waals surface area contributed by atoms with Crippen molar-refractivity contribution in [2.75, 3.05) is 7.11 Å². The topological polar surface area (TPSA) is 70.3 Å². The largest absolute Gasteiger partial charge is 0.496 e. The molecule has 0 spiro atoms. The summed E-state index contributed by atoms with van der Waals surface area (Å²) in [7, 11) is 1.42. The van der Waals surface area contributed by atoms with Crippen molar-refractivity contribution in [1.82, 2.24) is 0 Å². The van der Waals surface area contributed by atoms with Crippen LogP contribution >= 0.6 is 0 Å². The summed E-state index contributed by atoms with van der Waals surface area (Å²) < 4.78 is 5.01. The highest BCUT2D eigenvalue weighted by Gasteiger charge is 2.11. The molecule has 0 atom stereocenters. The number of allylic oxidation sites excluding steroid dienone is 1. The number of hydrogen-bond donors (Lipinski definition) is 1. The molecule has 4 heteroatoms. The van der Waals surface area contributed by atoms with Gasteiger partial charge in [0.15, 0.2) is 0 Å². The molecular formula is C17H13NO3. The Morgan fingerprint density at radius 2 is 1.95 bits per heavy atom. The van der Waals surface area contributed by atoms with Crippen LogP contribution in [0.3, 0.4) is 0 Å². The van der Waals surface area contributed by atoms with E-state index in [0.29, 0.717) is 11.1 Å². The molecule has 21 heavy (non-hydrogen) atoms. The van der Waals surface area contributed by atoms with Crippen LogP contribution in [0.15, 0.2) is 48.5 Å². The smallest absolute Gasteiger partial charge is 0.339 e. The SMILES string of the molecule is COc1ccc(/C=C(/C#N)c2ccccc2)cc1C(=O)O. The summed E-state index contributed by atoms with van der Waals surface area (Å²) in [5.74, 6) is -0.779. The van der Waals surface area contributed by atoms with Gasteiger partial charge in [-0.25, -0.2) is 4.79 Å². The molecule has 1 N–H and O–H groups in total. The fraction of sp³-hybridized carbons (Fsp3) is 0.0588. The maximum Gasteiger partial charge on any atom is 0.339 e. The molecule has 0 aliphatic heterocycles. The average molecular weight is 279 g/mol. The lowest BCUT2D eigenvalue weighted by Crippen LogP contribution is -2.00. The number of benzene rings is 2. The fourth-order valence-corrected chi connectivity index (χ4v) is 1.95. The number of aromatic carboxylic acids is 1. The molecule has 0 aliphatic rings. The molecule has 0 aromatic heterocycles. The summed E-state index contributed by atoms with van der Waals surface area (Å²) in [6.07, 6.45) is 1.65. The predicted octanol–water partition coefficient (Wildman–Crippen LogP) is 3.46. The highest BCUT2D eigenvalue weighted by molar-refractivity contribution is 5.94. The van der Waals surface area contributed by atoms with Gasteiger partial charge in [-0.15, -0.1) is 0 Å². The number of carboxylic acid groups (broad SMARTS) is 1. The molecule has 0 radical (unpaired) electrons. The monoisotopic (exact) mass is 279 g/mol. The van der Waals surface area contributed by atoms with Crippen molar-refractivity contribution in [1.29, 1.82) is 5.26 Å². The summed E-state index contributed by atoms with van der Waals surface area (Å²) in [5.41, 5.74) is 1.95. The highest BCUT2D eigenvalue weighted by atomic mass is 16.5. The third-order valence-corrected chi connectivity index (χ3v) is 2.97. The normalized spacial score (nSPS) is 10.8. The van der Waals surface area contributed by atoms with E-state index in [1.54, 1.807) is 18.2 Å². The van der Waals surface area contributed by atoms with Crippen LogP contribution in [-0.2, 0) is 0 Å². The van der Waals surface area contributed by atoms with E-state index in [9.17, 15) is 10.1 Å². The second-order valence-electron chi connectivity index (χ2n) is 4.30. The minimum Gasteiger partial charge on any atom is -0.496 e. The molecule has 0 bridgehead atoms. The van der Waals surface area contributed by atoms with Crippen LogP contribution in [-0.4, -0.2) is 18.2 Å². The van der Waals surface area contributed by atoms with E-state index in [1.807, 2.05) is 30.3 Å². The molecule has 2 rings (SSSR count). The number of methoxy groups -OCH3 is 1. The molecule has 0 fully saturated rings. The van der Waals surface area contributed by atoms with E-state index in [-0.39, 0.29) is 11.3 Å². The van der Waals surface area contributed by atoms with Gasteiger partial charge in [0.2, 0.25) is 0 Å². The minimum atomic E-state index is -1.07. The quantitative estimate of drug-likeness (QED) is 0.687. The lowest BCUT2D eigenvalue weighted by Gasteiger charge is -2.06. The van der Waals surface area contributed by atoms with Crippen LogP contribution in [0.2, 0.25) is 0 Å². The van der Waals surface area contributed by atoms with E-state index >= 15 is 0 Å². The zero-order valence-electron chi connectivity index (χ0n) is 11.4. The van der Waals surface area contributed by atoms with Gasteiger partial charge in [-0.2, -0.15) is 5.26 Å². The van der Waals surface area contributed by atoms with Crippen LogP contribution in [0, 0.1) is 11.3 Å². The third-order valence-electron chi connectivity index (χ3n) is 2.97. The fourth-order valence-electron chi connectivity index (χ4n) is 1.95. The van der Waals surface area contributed by atoms with Gasteiger partial charge >= 0.3 is 5.97 Å². The lowest BCUT2D eigenvalue weighted by molar-refractivity contribution is 0.0693. The summed E-state index contributed by atoms with van der Waals surface area (Å²) in [4.78, 5) is 11.2. The van der Waals surface area contributed by atoms with E-state index in [1.165, 1.54) is 13.2 Å². The number of hydrogen-bond acceptors (Lipinski definition) is 3. The number of nitriles is 1. The molecule has 2 aromatic rings. The van der Waals surface area contributed by atoms with Gasteiger partial charge in [0.05, 0.1) is 18.8 Å². The van der Waals surface area contributed by atoms with Gasteiger partial charge in [-0.3, -0.25) is 0 Å². The lowest BCUT2D eigenvalue weighted by atomic mass is 10.0. The van der Waals surface area contributed by atoms with Crippen molar-refractivity contribution in [3.8, 4) is 11.8 Å². The molecule has 0 unspecified atom stereocenters. The summed E-state index contributed by atoms with van der Waals surface area (Å²) in [5, 5.41) is 18.4. The standard InChI is InChI=1S/C17H13NO3/c1-21-16-8-7-12(10-15(16)17(19)20)9-14(11-18)13-5-3-2-4-6-13/h2-10H,1H3,(H,19,20)/b14-9-. The van der Waals surface area contributed by atoms with E-state index < -0.39 is 5.97 Å². The van der Waals surface area contributed by atoms with Gasteiger partial charge in [0.1, 0.15) is 11.3 Å². The third kappa shape index (κ3) is 3.28. The van der Waals surface area contributed by atoms with Crippen LogP contribution in [0.25, 0.3) is 11.6 Å².